The summed E-state index contributed by atoms with van der Waals surface area (Å²) in [4.78, 5) is 0. The molecule has 1 N–H and O–H groups in total. The molecule has 2 aromatic rings. The van der Waals surface area contributed by atoms with Crippen molar-refractivity contribution in [2.24, 2.45) is 0 Å². The zero-order valence-corrected chi connectivity index (χ0v) is 14.4. The predicted molar refractivity (Wildman–Crippen MR) is 90.9 cm³/mol. The fourth-order valence-corrected chi connectivity index (χ4v) is 3.30. The Kier molecular flexibility index (Phi) is 5.21. The van der Waals surface area contributed by atoms with Crippen LogP contribution in [0.2, 0.25) is 0 Å². The van der Waals surface area contributed by atoms with Crippen LogP contribution in [0.1, 0.15) is 17.4 Å². The Morgan fingerprint density at radius 1 is 1.00 bits per heavy atom. The molecular weight excluding hydrogens is 358 g/mol. The lowest BCUT2D eigenvalue weighted by Crippen LogP contribution is -2.65. The molecule has 27 heavy (non-hydrogen) atoms. The molecule has 2 aromatic carbocycles. The van der Waals surface area contributed by atoms with Gasteiger partial charge in [0.1, 0.15) is 12.2 Å². The average Bonchev–Trinajstić information content (AvgIpc) is 2.69. The van der Waals surface area contributed by atoms with E-state index in [9.17, 15) is 13.9 Å². The van der Waals surface area contributed by atoms with Crippen LogP contribution < -0.4 is 0 Å². The van der Waals surface area contributed by atoms with Gasteiger partial charge in [-0.15, -0.1) is 0 Å². The van der Waals surface area contributed by atoms with E-state index in [0.29, 0.717) is 5.56 Å². The summed E-state index contributed by atoms with van der Waals surface area (Å²) in [6, 6.07) is 18.0. The molecule has 4 rings (SSSR count). The minimum atomic E-state index is -3.62. The first-order valence-corrected chi connectivity index (χ1v) is 8.74. The van der Waals surface area contributed by atoms with Gasteiger partial charge in [-0.3, -0.25) is 0 Å². The van der Waals surface area contributed by atoms with Crippen LogP contribution in [0.4, 0.5) is 8.78 Å². The number of hydrogen-bond donors (Lipinski definition) is 1. The van der Waals surface area contributed by atoms with Crippen molar-refractivity contribution in [2.75, 3.05) is 6.61 Å². The van der Waals surface area contributed by atoms with Crippen molar-refractivity contribution < 1.29 is 32.8 Å². The van der Waals surface area contributed by atoms with Crippen LogP contribution in [0.25, 0.3) is 0 Å². The van der Waals surface area contributed by atoms with Gasteiger partial charge in [0.25, 0.3) is 0 Å². The number of aliphatic hydroxyl groups is 1. The number of halogens is 2. The SMILES string of the molecule is OC1O[C@@H]2COC(c3ccccc3)O[C@@H]2[C@@H](OCc2ccccc2)C1(F)F. The quantitative estimate of drug-likeness (QED) is 0.886. The summed E-state index contributed by atoms with van der Waals surface area (Å²) in [6.45, 7) is -0.0141. The van der Waals surface area contributed by atoms with Crippen LogP contribution in [0.5, 0.6) is 0 Å². The van der Waals surface area contributed by atoms with E-state index in [0.717, 1.165) is 5.56 Å². The molecule has 2 unspecified atom stereocenters. The zero-order chi connectivity index (χ0) is 18.9. The molecule has 2 heterocycles. The number of alkyl halides is 2. The molecule has 0 saturated carbocycles. The first kappa shape index (κ1) is 18.5. The molecule has 2 fully saturated rings. The summed E-state index contributed by atoms with van der Waals surface area (Å²) in [5.74, 6) is -3.62. The van der Waals surface area contributed by atoms with Gasteiger partial charge in [0.15, 0.2) is 12.4 Å². The van der Waals surface area contributed by atoms with E-state index in [4.69, 9.17) is 18.9 Å². The Hall–Kier alpha value is -1.90. The Morgan fingerprint density at radius 3 is 2.37 bits per heavy atom. The number of aliphatic hydroxyl groups excluding tert-OH is 1. The first-order chi connectivity index (χ1) is 13.1. The molecule has 5 atom stereocenters. The van der Waals surface area contributed by atoms with Crippen LogP contribution in [0.3, 0.4) is 0 Å². The van der Waals surface area contributed by atoms with Crippen LogP contribution in [-0.4, -0.2) is 42.2 Å². The molecule has 7 heteroatoms. The highest BCUT2D eigenvalue weighted by molar-refractivity contribution is 5.17. The molecule has 0 bridgehead atoms. The standard InChI is InChI=1S/C20H20F2O5/c21-20(22)17(24-11-13-7-3-1-4-8-13)16-15(26-19(20)23)12-25-18(27-16)14-9-5-2-6-10-14/h1-10,15-19,23H,11-12H2/t15-,16+,17-,18?,19?/m1/s1. The van der Waals surface area contributed by atoms with E-state index in [2.05, 4.69) is 0 Å². The van der Waals surface area contributed by atoms with E-state index >= 15 is 0 Å². The third-order valence-electron chi connectivity index (χ3n) is 4.71. The smallest absolute Gasteiger partial charge is 0.325 e. The van der Waals surface area contributed by atoms with Crippen molar-refractivity contribution in [2.45, 2.75) is 43.4 Å². The Labute approximate surface area is 155 Å². The van der Waals surface area contributed by atoms with Gasteiger partial charge < -0.3 is 24.1 Å². The molecule has 2 saturated heterocycles. The highest BCUT2D eigenvalue weighted by Crippen LogP contribution is 2.41. The molecule has 0 aliphatic carbocycles. The zero-order valence-electron chi connectivity index (χ0n) is 14.4. The van der Waals surface area contributed by atoms with Crippen molar-refractivity contribution in [3.63, 3.8) is 0 Å². The normalized spacial score (nSPS) is 32.6. The summed E-state index contributed by atoms with van der Waals surface area (Å²) in [7, 11) is 0. The molecule has 0 aromatic heterocycles. The Bertz CT molecular complexity index is 743. The average molecular weight is 378 g/mol. The minimum absolute atomic E-state index is 0.0164. The fraction of sp³-hybridized carbons (Fsp3) is 0.400. The van der Waals surface area contributed by atoms with Crippen LogP contribution in [-0.2, 0) is 25.6 Å². The van der Waals surface area contributed by atoms with E-state index in [-0.39, 0.29) is 13.2 Å². The molecule has 2 aliphatic rings. The second kappa shape index (κ2) is 7.61. The summed E-state index contributed by atoms with van der Waals surface area (Å²) in [5.41, 5.74) is 1.46. The first-order valence-electron chi connectivity index (χ1n) is 8.74. The van der Waals surface area contributed by atoms with Gasteiger partial charge in [-0.2, -0.15) is 8.78 Å². The maximum atomic E-state index is 14.6. The summed E-state index contributed by atoms with van der Waals surface area (Å²) in [5, 5.41) is 9.76. The number of fused-ring (bicyclic) bond motifs is 1. The monoisotopic (exact) mass is 378 g/mol. The van der Waals surface area contributed by atoms with Gasteiger partial charge in [0.05, 0.1) is 13.2 Å². The van der Waals surface area contributed by atoms with Crippen LogP contribution in [0.15, 0.2) is 60.7 Å². The van der Waals surface area contributed by atoms with Gasteiger partial charge in [-0.25, -0.2) is 0 Å². The summed E-state index contributed by atoms with van der Waals surface area (Å²) in [6.07, 6.45) is -6.67. The highest BCUT2D eigenvalue weighted by atomic mass is 19.3. The molecule has 5 nitrogen and oxygen atoms in total. The van der Waals surface area contributed by atoms with Crippen molar-refractivity contribution in [1.82, 2.24) is 0 Å². The molecule has 2 aliphatic heterocycles. The van der Waals surface area contributed by atoms with Gasteiger partial charge in [0, 0.05) is 5.56 Å². The van der Waals surface area contributed by atoms with Gasteiger partial charge in [-0.1, -0.05) is 60.7 Å². The Morgan fingerprint density at radius 2 is 1.67 bits per heavy atom. The molecule has 0 amide bonds. The lowest BCUT2D eigenvalue weighted by Gasteiger charge is -2.47. The maximum absolute atomic E-state index is 14.6. The van der Waals surface area contributed by atoms with Gasteiger partial charge in [0.2, 0.25) is 6.29 Å². The third-order valence-corrected chi connectivity index (χ3v) is 4.71. The number of rotatable bonds is 4. The maximum Gasteiger partial charge on any atom is 0.325 e. The van der Waals surface area contributed by atoms with Crippen molar-refractivity contribution in [3.05, 3.63) is 71.8 Å². The van der Waals surface area contributed by atoms with E-state index < -0.39 is 36.8 Å². The van der Waals surface area contributed by atoms with E-state index in [1.165, 1.54) is 0 Å². The number of benzene rings is 2. The Balaban J connectivity index is 1.55. The van der Waals surface area contributed by atoms with Crippen molar-refractivity contribution >= 4 is 0 Å². The second-order valence-electron chi connectivity index (χ2n) is 6.60. The molecular formula is C20H20F2O5. The predicted octanol–water partition coefficient (Wildman–Crippen LogP) is 3.04. The van der Waals surface area contributed by atoms with Crippen LogP contribution in [0, 0.1) is 0 Å². The molecule has 0 spiro atoms. The lowest BCUT2D eigenvalue weighted by molar-refractivity contribution is -0.397. The number of hydrogen-bond acceptors (Lipinski definition) is 5. The highest BCUT2D eigenvalue weighted by Gasteiger charge is 2.61. The summed E-state index contributed by atoms with van der Waals surface area (Å²) >= 11 is 0. The lowest BCUT2D eigenvalue weighted by atomic mass is 9.96. The number of ether oxygens (including phenoxy) is 4. The van der Waals surface area contributed by atoms with Gasteiger partial charge in [-0.05, 0) is 5.56 Å². The largest absolute Gasteiger partial charge is 0.364 e. The van der Waals surface area contributed by atoms with Crippen molar-refractivity contribution in [1.29, 1.82) is 0 Å². The van der Waals surface area contributed by atoms with Gasteiger partial charge >= 0.3 is 5.92 Å². The van der Waals surface area contributed by atoms with E-state index in [1.807, 2.05) is 24.3 Å². The molecule has 144 valence electrons. The second-order valence-corrected chi connectivity index (χ2v) is 6.60. The summed E-state index contributed by atoms with van der Waals surface area (Å²) < 4.78 is 51.3. The van der Waals surface area contributed by atoms with Crippen molar-refractivity contribution in [3.8, 4) is 0 Å². The van der Waals surface area contributed by atoms with Crippen LogP contribution >= 0.6 is 0 Å². The van der Waals surface area contributed by atoms with E-state index in [1.54, 1.807) is 36.4 Å². The fourth-order valence-electron chi connectivity index (χ4n) is 3.30. The topological polar surface area (TPSA) is 57.2 Å². The molecule has 0 radical (unpaired) electrons. The minimum Gasteiger partial charge on any atom is -0.364 e. The third kappa shape index (κ3) is 3.74.